The second kappa shape index (κ2) is 6.10. The van der Waals surface area contributed by atoms with E-state index in [0.29, 0.717) is 19.6 Å². The summed E-state index contributed by atoms with van der Waals surface area (Å²) in [6.45, 7) is 6.28. The lowest BCUT2D eigenvalue weighted by atomic mass is 9.90. The van der Waals surface area contributed by atoms with Crippen molar-refractivity contribution in [2.75, 3.05) is 39.3 Å². The molecule has 2 heterocycles. The molecule has 2 atom stereocenters. The largest absolute Gasteiger partial charge is 0.369 e. The van der Waals surface area contributed by atoms with E-state index in [1.165, 1.54) is 0 Å². The lowest BCUT2D eigenvalue weighted by Gasteiger charge is -2.32. The van der Waals surface area contributed by atoms with Gasteiger partial charge in [0.05, 0.1) is 12.5 Å². The van der Waals surface area contributed by atoms with Gasteiger partial charge < -0.3 is 16.4 Å². The SMILES string of the molecule is CC1(CN)CCN(CC(=O)N2CCCC(C(N)=O)C2)C1. The van der Waals surface area contributed by atoms with Crippen molar-refractivity contribution in [3.05, 3.63) is 0 Å². The van der Waals surface area contributed by atoms with E-state index in [2.05, 4.69) is 11.8 Å². The summed E-state index contributed by atoms with van der Waals surface area (Å²) in [7, 11) is 0. The molecule has 0 saturated carbocycles. The number of rotatable bonds is 4. The molecule has 2 aliphatic heterocycles. The van der Waals surface area contributed by atoms with Gasteiger partial charge in [0, 0.05) is 19.6 Å². The van der Waals surface area contributed by atoms with E-state index in [1.807, 2.05) is 0 Å². The third-order valence-electron chi connectivity index (χ3n) is 4.67. The Kier molecular flexibility index (Phi) is 4.65. The van der Waals surface area contributed by atoms with Crippen LogP contribution in [0.3, 0.4) is 0 Å². The Morgan fingerprint density at radius 2 is 2.10 bits per heavy atom. The standard InChI is InChI=1S/C14H26N4O2/c1-14(9-15)4-6-17(10-14)8-12(19)18-5-2-3-11(7-18)13(16)20/h11H,2-10,15H2,1H3,(H2,16,20). The minimum atomic E-state index is -0.292. The second-order valence-corrected chi connectivity index (χ2v) is 6.56. The summed E-state index contributed by atoms with van der Waals surface area (Å²) in [5.74, 6) is -0.364. The highest BCUT2D eigenvalue weighted by atomic mass is 16.2. The van der Waals surface area contributed by atoms with E-state index in [1.54, 1.807) is 4.90 Å². The molecule has 20 heavy (non-hydrogen) atoms. The number of piperidine rings is 1. The summed E-state index contributed by atoms with van der Waals surface area (Å²) in [4.78, 5) is 27.5. The summed E-state index contributed by atoms with van der Waals surface area (Å²) in [6, 6.07) is 0. The summed E-state index contributed by atoms with van der Waals surface area (Å²) in [5.41, 5.74) is 11.3. The van der Waals surface area contributed by atoms with E-state index in [9.17, 15) is 9.59 Å². The molecule has 2 aliphatic rings. The maximum Gasteiger partial charge on any atom is 0.236 e. The number of primary amides is 1. The van der Waals surface area contributed by atoms with Crippen molar-refractivity contribution in [3.63, 3.8) is 0 Å². The number of hydrogen-bond acceptors (Lipinski definition) is 4. The molecule has 0 aromatic heterocycles. The zero-order valence-corrected chi connectivity index (χ0v) is 12.3. The van der Waals surface area contributed by atoms with Crippen LogP contribution in [0.4, 0.5) is 0 Å². The van der Waals surface area contributed by atoms with Gasteiger partial charge in [0.25, 0.3) is 0 Å². The first-order valence-corrected chi connectivity index (χ1v) is 7.43. The average Bonchev–Trinajstić information content (AvgIpc) is 2.81. The van der Waals surface area contributed by atoms with Crippen LogP contribution in [-0.2, 0) is 9.59 Å². The molecular weight excluding hydrogens is 256 g/mol. The van der Waals surface area contributed by atoms with Gasteiger partial charge in [0.15, 0.2) is 0 Å². The molecule has 2 amide bonds. The van der Waals surface area contributed by atoms with Crippen LogP contribution < -0.4 is 11.5 Å². The molecule has 2 fully saturated rings. The fraction of sp³-hybridized carbons (Fsp3) is 0.857. The van der Waals surface area contributed by atoms with Crippen LogP contribution >= 0.6 is 0 Å². The van der Waals surface area contributed by atoms with Crippen LogP contribution in [0.1, 0.15) is 26.2 Å². The minimum Gasteiger partial charge on any atom is -0.369 e. The van der Waals surface area contributed by atoms with E-state index in [0.717, 1.165) is 38.9 Å². The van der Waals surface area contributed by atoms with Crippen LogP contribution in [0.5, 0.6) is 0 Å². The van der Waals surface area contributed by atoms with Crippen LogP contribution in [0.2, 0.25) is 0 Å². The molecule has 0 radical (unpaired) electrons. The Labute approximate surface area is 120 Å². The van der Waals surface area contributed by atoms with E-state index in [4.69, 9.17) is 11.5 Å². The fourth-order valence-corrected chi connectivity index (χ4v) is 3.15. The van der Waals surface area contributed by atoms with Crippen molar-refractivity contribution in [1.82, 2.24) is 9.80 Å². The van der Waals surface area contributed by atoms with Crippen molar-refractivity contribution in [2.45, 2.75) is 26.2 Å². The topological polar surface area (TPSA) is 92.7 Å². The van der Waals surface area contributed by atoms with Crippen molar-refractivity contribution in [1.29, 1.82) is 0 Å². The third-order valence-corrected chi connectivity index (χ3v) is 4.67. The molecule has 0 aromatic carbocycles. The molecule has 0 aliphatic carbocycles. The van der Waals surface area contributed by atoms with Crippen LogP contribution in [-0.4, -0.2) is 60.9 Å². The molecule has 2 rings (SSSR count). The molecule has 0 aromatic rings. The number of nitrogens with zero attached hydrogens (tertiary/aromatic N) is 2. The maximum absolute atomic E-state index is 12.3. The van der Waals surface area contributed by atoms with Crippen molar-refractivity contribution in [2.24, 2.45) is 22.8 Å². The predicted octanol–water partition coefficient (Wildman–Crippen LogP) is -0.619. The van der Waals surface area contributed by atoms with Gasteiger partial charge >= 0.3 is 0 Å². The number of amides is 2. The van der Waals surface area contributed by atoms with Gasteiger partial charge in [0.1, 0.15) is 0 Å². The zero-order valence-electron chi connectivity index (χ0n) is 12.3. The molecule has 6 heteroatoms. The summed E-state index contributed by atoms with van der Waals surface area (Å²) in [6.07, 6.45) is 2.70. The molecule has 2 unspecified atom stereocenters. The molecule has 0 bridgehead atoms. The van der Waals surface area contributed by atoms with Gasteiger partial charge in [-0.3, -0.25) is 14.5 Å². The first-order chi connectivity index (χ1) is 9.43. The smallest absolute Gasteiger partial charge is 0.236 e. The normalized spacial score (nSPS) is 31.5. The predicted molar refractivity (Wildman–Crippen MR) is 76.7 cm³/mol. The first kappa shape index (κ1) is 15.3. The molecule has 114 valence electrons. The Morgan fingerprint density at radius 3 is 2.70 bits per heavy atom. The van der Waals surface area contributed by atoms with Gasteiger partial charge in [-0.1, -0.05) is 6.92 Å². The van der Waals surface area contributed by atoms with Crippen LogP contribution in [0, 0.1) is 11.3 Å². The average molecular weight is 282 g/mol. The summed E-state index contributed by atoms with van der Waals surface area (Å²) < 4.78 is 0. The van der Waals surface area contributed by atoms with E-state index >= 15 is 0 Å². The summed E-state index contributed by atoms with van der Waals surface area (Å²) in [5, 5.41) is 0. The number of hydrogen-bond donors (Lipinski definition) is 2. The number of nitrogens with two attached hydrogens (primary N) is 2. The van der Waals surface area contributed by atoms with Gasteiger partial charge in [-0.15, -0.1) is 0 Å². The highest BCUT2D eigenvalue weighted by Gasteiger charge is 2.34. The molecule has 4 N–H and O–H groups in total. The van der Waals surface area contributed by atoms with Gasteiger partial charge in [-0.25, -0.2) is 0 Å². The number of carbonyl (C=O) groups is 2. The highest BCUT2D eigenvalue weighted by molar-refractivity contribution is 5.81. The Balaban J connectivity index is 1.85. The quantitative estimate of drug-likeness (QED) is 0.719. The van der Waals surface area contributed by atoms with Crippen molar-refractivity contribution < 1.29 is 9.59 Å². The minimum absolute atomic E-state index is 0.109. The molecule has 6 nitrogen and oxygen atoms in total. The van der Waals surface area contributed by atoms with Crippen LogP contribution in [0.15, 0.2) is 0 Å². The lowest BCUT2D eigenvalue weighted by molar-refractivity contribution is -0.135. The third kappa shape index (κ3) is 3.49. The molecule has 2 saturated heterocycles. The number of carbonyl (C=O) groups excluding carboxylic acids is 2. The fourth-order valence-electron chi connectivity index (χ4n) is 3.15. The summed E-state index contributed by atoms with van der Waals surface area (Å²) >= 11 is 0. The Bertz CT molecular complexity index is 387. The monoisotopic (exact) mass is 282 g/mol. The van der Waals surface area contributed by atoms with E-state index in [-0.39, 0.29) is 23.1 Å². The molecule has 0 spiro atoms. The van der Waals surface area contributed by atoms with Gasteiger partial charge in [0.2, 0.25) is 11.8 Å². The lowest BCUT2D eigenvalue weighted by Crippen LogP contribution is -2.47. The Hall–Kier alpha value is -1.14. The Morgan fingerprint density at radius 1 is 1.35 bits per heavy atom. The van der Waals surface area contributed by atoms with Gasteiger partial charge in [-0.2, -0.15) is 0 Å². The van der Waals surface area contributed by atoms with E-state index < -0.39 is 0 Å². The van der Waals surface area contributed by atoms with Gasteiger partial charge in [-0.05, 0) is 37.8 Å². The highest BCUT2D eigenvalue weighted by Crippen LogP contribution is 2.28. The van der Waals surface area contributed by atoms with Crippen molar-refractivity contribution in [3.8, 4) is 0 Å². The first-order valence-electron chi connectivity index (χ1n) is 7.43. The van der Waals surface area contributed by atoms with Crippen molar-refractivity contribution >= 4 is 11.8 Å². The number of likely N-dealkylation sites (tertiary alicyclic amines) is 2. The van der Waals surface area contributed by atoms with Crippen LogP contribution in [0.25, 0.3) is 0 Å². The molecular formula is C14H26N4O2. The second-order valence-electron chi connectivity index (χ2n) is 6.56. The maximum atomic E-state index is 12.3. The zero-order chi connectivity index (χ0) is 14.8.